The van der Waals surface area contributed by atoms with E-state index in [0.717, 1.165) is 11.1 Å². The molecule has 3 heteroatoms. The van der Waals surface area contributed by atoms with Gasteiger partial charge in [0.2, 0.25) is 6.29 Å². The summed E-state index contributed by atoms with van der Waals surface area (Å²) in [5.41, 5.74) is 1.69. The average Bonchev–Trinajstić information content (AvgIpc) is 2.88. The fourth-order valence-electron chi connectivity index (χ4n) is 3.29. The second kappa shape index (κ2) is 4.72. The van der Waals surface area contributed by atoms with Gasteiger partial charge < -0.3 is 14.6 Å². The molecule has 0 radical (unpaired) electrons. The van der Waals surface area contributed by atoms with E-state index in [9.17, 15) is 5.11 Å². The lowest BCUT2D eigenvalue weighted by molar-refractivity contribution is -0.306. The molecule has 2 aromatic rings. The number of aliphatic hydroxyl groups is 1. The van der Waals surface area contributed by atoms with Crippen molar-refractivity contribution in [2.45, 2.75) is 11.9 Å². The quantitative estimate of drug-likeness (QED) is 0.939. The number of hydrogen-bond donors (Lipinski definition) is 1. The van der Waals surface area contributed by atoms with Gasteiger partial charge in [0.05, 0.1) is 5.92 Å². The Labute approximate surface area is 123 Å². The highest BCUT2D eigenvalue weighted by molar-refractivity contribution is 5.42. The first-order valence-corrected chi connectivity index (χ1v) is 7.11. The van der Waals surface area contributed by atoms with Gasteiger partial charge in [-0.15, -0.1) is 0 Å². The Balaban J connectivity index is 1.84. The smallest absolute Gasteiger partial charge is 0.210 e. The van der Waals surface area contributed by atoms with Gasteiger partial charge in [-0.25, -0.2) is 0 Å². The van der Waals surface area contributed by atoms with E-state index in [1.54, 1.807) is 0 Å². The molecule has 2 aromatic carbocycles. The molecule has 0 aliphatic carbocycles. The third-order valence-corrected chi connectivity index (χ3v) is 4.26. The third kappa shape index (κ3) is 1.75. The Morgan fingerprint density at radius 3 is 2.00 bits per heavy atom. The summed E-state index contributed by atoms with van der Waals surface area (Å²) in [5, 5.41) is 9.29. The lowest BCUT2D eigenvalue weighted by Crippen LogP contribution is -2.56. The van der Waals surface area contributed by atoms with E-state index >= 15 is 0 Å². The molecule has 4 rings (SSSR count). The largest absolute Gasteiger partial charge is 0.466 e. The second-order valence-electron chi connectivity index (χ2n) is 5.39. The molecular weight excluding hydrogens is 264 g/mol. The van der Waals surface area contributed by atoms with E-state index in [0.29, 0.717) is 5.76 Å². The summed E-state index contributed by atoms with van der Waals surface area (Å²) in [4.78, 5) is 0. The number of hydrogen-bond acceptors (Lipinski definition) is 3. The van der Waals surface area contributed by atoms with Crippen molar-refractivity contribution in [2.75, 3.05) is 6.61 Å². The van der Waals surface area contributed by atoms with Gasteiger partial charge in [0.15, 0.2) is 0 Å². The van der Waals surface area contributed by atoms with Gasteiger partial charge in [-0.1, -0.05) is 60.7 Å². The van der Waals surface area contributed by atoms with Crippen molar-refractivity contribution in [1.29, 1.82) is 0 Å². The molecule has 1 N–H and O–H groups in total. The summed E-state index contributed by atoms with van der Waals surface area (Å²) in [6, 6.07) is 20.4. The van der Waals surface area contributed by atoms with Crippen LogP contribution < -0.4 is 0 Å². The van der Waals surface area contributed by atoms with Crippen molar-refractivity contribution < 1.29 is 14.6 Å². The fourth-order valence-corrected chi connectivity index (χ4v) is 3.29. The maximum Gasteiger partial charge on any atom is 0.210 e. The summed E-state index contributed by atoms with van der Waals surface area (Å²) in [5.74, 6) is 0.684. The van der Waals surface area contributed by atoms with E-state index in [1.165, 1.54) is 0 Å². The van der Waals surface area contributed by atoms with Crippen LogP contribution in [0.1, 0.15) is 11.1 Å². The number of fused-ring (bicyclic) bond motifs is 1. The van der Waals surface area contributed by atoms with Crippen LogP contribution in [-0.4, -0.2) is 18.0 Å². The minimum Gasteiger partial charge on any atom is -0.466 e. The monoisotopic (exact) mass is 280 g/mol. The highest BCUT2D eigenvalue weighted by Crippen LogP contribution is 2.55. The summed E-state index contributed by atoms with van der Waals surface area (Å²) in [6.45, 7) is -0.0873. The van der Waals surface area contributed by atoms with Crippen LogP contribution in [0, 0.1) is 5.92 Å². The van der Waals surface area contributed by atoms with Gasteiger partial charge in [0, 0.05) is 0 Å². The van der Waals surface area contributed by atoms with Crippen molar-refractivity contribution in [2.24, 2.45) is 5.92 Å². The van der Waals surface area contributed by atoms with E-state index in [4.69, 9.17) is 9.47 Å². The Morgan fingerprint density at radius 1 is 0.905 bits per heavy atom. The molecule has 0 amide bonds. The predicted molar refractivity (Wildman–Crippen MR) is 78.3 cm³/mol. The lowest BCUT2D eigenvalue weighted by Gasteiger charge is -2.51. The minimum atomic E-state index is -0.524. The van der Waals surface area contributed by atoms with Gasteiger partial charge in [-0.3, -0.25) is 0 Å². The minimum absolute atomic E-state index is 0.0873. The van der Waals surface area contributed by atoms with Crippen molar-refractivity contribution in [3.8, 4) is 0 Å². The Kier molecular flexibility index (Phi) is 2.84. The lowest BCUT2D eigenvalue weighted by atomic mass is 9.71. The highest BCUT2D eigenvalue weighted by Gasteiger charge is 2.60. The number of aliphatic hydroxyl groups excluding tert-OH is 1. The molecular formula is C18H16O3. The molecule has 2 aliphatic heterocycles. The zero-order valence-corrected chi connectivity index (χ0v) is 11.5. The summed E-state index contributed by atoms with van der Waals surface area (Å²) in [7, 11) is 0. The first-order valence-electron chi connectivity index (χ1n) is 7.11. The molecule has 0 unspecified atom stereocenters. The van der Waals surface area contributed by atoms with Crippen LogP contribution in [0.4, 0.5) is 0 Å². The van der Waals surface area contributed by atoms with E-state index in [1.807, 2.05) is 42.5 Å². The Bertz CT molecular complexity index is 624. The summed E-state index contributed by atoms with van der Waals surface area (Å²) >= 11 is 0. The van der Waals surface area contributed by atoms with Crippen LogP contribution in [0.2, 0.25) is 0 Å². The van der Waals surface area contributed by atoms with Crippen molar-refractivity contribution in [3.05, 3.63) is 83.6 Å². The first-order chi connectivity index (χ1) is 10.3. The molecule has 3 nitrogen and oxygen atoms in total. The first kappa shape index (κ1) is 12.6. The Hall–Kier alpha value is -2.10. The summed E-state index contributed by atoms with van der Waals surface area (Å²) < 4.78 is 11.8. The van der Waals surface area contributed by atoms with Crippen LogP contribution in [-0.2, 0) is 15.1 Å². The zero-order valence-electron chi connectivity index (χ0n) is 11.5. The van der Waals surface area contributed by atoms with Crippen LogP contribution in [0.25, 0.3) is 0 Å². The van der Waals surface area contributed by atoms with Crippen molar-refractivity contribution >= 4 is 0 Å². The average molecular weight is 280 g/mol. The maximum atomic E-state index is 9.29. The van der Waals surface area contributed by atoms with Crippen LogP contribution in [0.3, 0.4) is 0 Å². The molecule has 2 atom stereocenters. The van der Waals surface area contributed by atoms with E-state index < -0.39 is 5.60 Å². The SMILES string of the molecule is OCC1=C[C@H]2[C@H](O1)OC2(c1ccccc1)c1ccccc1. The van der Waals surface area contributed by atoms with Crippen LogP contribution in [0.15, 0.2) is 72.5 Å². The van der Waals surface area contributed by atoms with E-state index in [2.05, 4.69) is 24.3 Å². The molecule has 0 saturated carbocycles. The number of rotatable bonds is 3. The van der Waals surface area contributed by atoms with Crippen molar-refractivity contribution in [3.63, 3.8) is 0 Å². The fraction of sp³-hybridized carbons (Fsp3) is 0.222. The Morgan fingerprint density at radius 2 is 1.48 bits per heavy atom. The number of benzene rings is 2. The second-order valence-corrected chi connectivity index (χ2v) is 5.39. The molecule has 2 aliphatic rings. The zero-order chi connectivity index (χ0) is 14.3. The molecule has 106 valence electrons. The van der Waals surface area contributed by atoms with Crippen LogP contribution in [0.5, 0.6) is 0 Å². The van der Waals surface area contributed by atoms with Gasteiger partial charge in [0.25, 0.3) is 0 Å². The topological polar surface area (TPSA) is 38.7 Å². The maximum absolute atomic E-state index is 9.29. The molecule has 0 aromatic heterocycles. The molecule has 21 heavy (non-hydrogen) atoms. The predicted octanol–water partition coefficient (Wildman–Crippen LogP) is 2.81. The molecule has 0 bridgehead atoms. The summed E-state index contributed by atoms with van der Waals surface area (Å²) in [6.07, 6.45) is 1.70. The molecule has 1 saturated heterocycles. The molecule has 1 fully saturated rings. The molecule has 2 heterocycles. The standard InChI is InChI=1S/C18H16O3/c19-12-15-11-16-17(20-15)21-18(16,13-7-3-1-4-8-13)14-9-5-2-6-10-14/h1-11,16-17,19H,12H2/t16-,17+/m0/s1. The van der Waals surface area contributed by atoms with Gasteiger partial charge in [0.1, 0.15) is 18.0 Å². The van der Waals surface area contributed by atoms with Gasteiger partial charge in [-0.2, -0.15) is 0 Å². The van der Waals surface area contributed by atoms with Crippen LogP contribution >= 0.6 is 0 Å². The highest BCUT2D eigenvalue weighted by atomic mass is 16.7. The normalized spacial score (nSPS) is 25.5. The molecule has 0 spiro atoms. The third-order valence-electron chi connectivity index (χ3n) is 4.26. The number of ether oxygens (including phenoxy) is 2. The van der Waals surface area contributed by atoms with Crippen molar-refractivity contribution in [1.82, 2.24) is 0 Å². The van der Waals surface area contributed by atoms with E-state index in [-0.39, 0.29) is 18.8 Å². The van der Waals surface area contributed by atoms with Gasteiger partial charge in [-0.05, 0) is 17.2 Å². The van der Waals surface area contributed by atoms with Gasteiger partial charge >= 0.3 is 0 Å².